The summed E-state index contributed by atoms with van der Waals surface area (Å²) in [5.41, 5.74) is 0. The van der Waals surface area contributed by atoms with Crippen molar-refractivity contribution in [2.24, 2.45) is 5.92 Å². The van der Waals surface area contributed by atoms with Crippen molar-refractivity contribution in [3.63, 3.8) is 0 Å². The molecule has 1 rings (SSSR count). The van der Waals surface area contributed by atoms with E-state index in [0.29, 0.717) is 5.92 Å². The van der Waals surface area contributed by atoms with Crippen LogP contribution in [0.15, 0.2) is 0 Å². The van der Waals surface area contributed by atoms with Crippen molar-refractivity contribution in [3.05, 3.63) is 0 Å². The fraction of sp³-hybridized carbons (Fsp3) is 0.875. The molecule has 1 aliphatic carbocycles. The molecule has 1 aliphatic rings. The zero-order valence-corrected chi connectivity index (χ0v) is 8.71. The molecule has 0 bridgehead atoms. The molecule has 0 aliphatic heterocycles. The lowest BCUT2D eigenvalue weighted by Gasteiger charge is -2.18. The van der Waals surface area contributed by atoms with Gasteiger partial charge in [0.2, 0.25) is 10.0 Å². The quantitative estimate of drug-likeness (QED) is 0.669. The Kier molecular flexibility index (Phi) is 2.94. The second kappa shape index (κ2) is 3.64. The molecule has 1 fully saturated rings. The van der Waals surface area contributed by atoms with Gasteiger partial charge in [0, 0.05) is 7.05 Å². The molecule has 0 aromatic heterocycles. The second-order valence-electron chi connectivity index (χ2n) is 3.54. The van der Waals surface area contributed by atoms with Gasteiger partial charge in [0.25, 0.3) is 0 Å². The summed E-state index contributed by atoms with van der Waals surface area (Å²) in [5, 5.41) is 8.56. The van der Waals surface area contributed by atoms with E-state index in [-0.39, 0.29) is 5.75 Å². The SMILES string of the molecule is CC(C#N)N(C)S(=O)(=O)CC1CC1. The van der Waals surface area contributed by atoms with Crippen LogP contribution < -0.4 is 0 Å². The number of hydrogen-bond acceptors (Lipinski definition) is 3. The highest BCUT2D eigenvalue weighted by atomic mass is 32.2. The summed E-state index contributed by atoms with van der Waals surface area (Å²) in [6.45, 7) is 1.59. The Morgan fingerprint density at radius 2 is 2.15 bits per heavy atom. The Hall–Kier alpha value is -0.600. The summed E-state index contributed by atoms with van der Waals surface area (Å²) in [6.07, 6.45) is 2.02. The van der Waals surface area contributed by atoms with Crippen LogP contribution in [0.25, 0.3) is 0 Å². The van der Waals surface area contributed by atoms with Crippen LogP contribution in [0, 0.1) is 17.2 Å². The molecule has 0 aromatic carbocycles. The van der Waals surface area contributed by atoms with Crippen LogP contribution >= 0.6 is 0 Å². The summed E-state index contributed by atoms with van der Waals surface area (Å²) < 4.78 is 24.3. The number of hydrogen-bond donors (Lipinski definition) is 0. The van der Waals surface area contributed by atoms with Gasteiger partial charge in [-0.25, -0.2) is 8.42 Å². The predicted octanol–water partition coefficient (Wildman–Crippen LogP) is 0.570. The summed E-state index contributed by atoms with van der Waals surface area (Å²) >= 11 is 0. The van der Waals surface area contributed by atoms with Crippen LogP contribution in [-0.2, 0) is 10.0 Å². The lowest BCUT2D eigenvalue weighted by atomic mass is 10.4. The standard InChI is InChI=1S/C8H14N2O2S/c1-7(5-9)10(2)13(11,12)6-8-3-4-8/h7-8H,3-4,6H2,1-2H3. The van der Waals surface area contributed by atoms with E-state index in [1.165, 1.54) is 7.05 Å². The van der Waals surface area contributed by atoms with E-state index < -0.39 is 16.1 Å². The van der Waals surface area contributed by atoms with E-state index in [0.717, 1.165) is 17.1 Å². The third kappa shape index (κ3) is 2.68. The zero-order valence-electron chi connectivity index (χ0n) is 7.90. The van der Waals surface area contributed by atoms with Crippen LogP contribution in [0.4, 0.5) is 0 Å². The molecule has 4 nitrogen and oxygen atoms in total. The summed E-state index contributed by atoms with van der Waals surface area (Å²) in [6, 6.07) is 1.35. The van der Waals surface area contributed by atoms with E-state index in [2.05, 4.69) is 0 Å². The van der Waals surface area contributed by atoms with Gasteiger partial charge in [0.15, 0.2) is 0 Å². The Balaban J connectivity index is 2.62. The van der Waals surface area contributed by atoms with Gasteiger partial charge in [-0.3, -0.25) is 0 Å². The van der Waals surface area contributed by atoms with Crippen molar-refractivity contribution in [1.82, 2.24) is 4.31 Å². The van der Waals surface area contributed by atoms with E-state index in [4.69, 9.17) is 5.26 Å². The first-order valence-electron chi connectivity index (χ1n) is 4.32. The molecular weight excluding hydrogens is 188 g/mol. The molecule has 0 amide bonds. The van der Waals surface area contributed by atoms with Crippen LogP contribution in [-0.4, -0.2) is 31.6 Å². The Labute approximate surface area is 79.2 Å². The van der Waals surface area contributed by atoms with Gasteiger partial charge in [-0.2, -0.15) is 9.57 Å². The average Bonchev–Trinajstić information content (AvgIpc) is 2.84. The molecular formula is C8H14N2O2S. The molecule has 1 saturated carbocycles. The minimum Gasteiger partial charge on any atom is -0.212 e. The first-order chi connectivity index (χ1) is 5.97. The van der Waals surface area contributed by atoms with Crippen LogP contribution in [0.5, 0.6) is 0 Å². The van der Waals surface area contributed by atoms with Crippen molar-refractivity contribution in [3.8, 4) is 6.07 Å². The Morgan fingerprint density at radius 3 is 2.54 bits per heavy atom. The highest BCUT2D eigenvalue weighted by molar-refractivity contribution is 7.89. The molecule has 0 radical (unpaired) electrons. The van der Waals surface area contributed by atoms with Crippen LogP contribution in [0.3, 0.4) is 0 Å². The highest BCUT2D eigenvalue weighted by Crippen LogP contribution is 2.31. The lowest BCUT2D eigenvalue weighted by Crippen LogP contribution is -2.36. The van der Waals surface area contributed by atoms with Crippen molar-refractivity contribution in [1.29, 1.82) is 5.26 Å². The smallest absolute Gasteiger partial charge is 0.212 e. The van der Waals surface area contributed by atoms with Crippen molar-refractivity contribution in [2.45, 2.75) is 25.8 Å². The average molecular weight is 202 g/mol. The third-order valence-corrected chi connectivity index (χ3v) is 4.40. The van der Waals surface area contributed by atoms with Gasteiger partial charge < -0.3 is 0 Å². The third-order valence-electron chi connectivity index (χ3n) is 2.31. The number of nitrogens with zero attached hydrogens (tertiary/aromatic N) is 2. The molecule has 1 atom stereocenters. The van der Waals surface area contributed by atoms with E-state index in [9.17, 15) is 8.42 Å². The van der Waals surface area contributed by atoms with Gasteiger partial charge in [0.1, 0.15) is 6.04 Å². The molecule has 0 aromatic rings. The van der Waals surface area contributed by atoms with E-state index in [1.54, 1.807) is 6.92 Å². The topological polar surface area (TPSA) is 61.2 Å². The summed E-state index contributed by atoms with van der Waals surface area (Å²) in [4.78, 5) is 0. The zero-order chi connectivity index (χ0) is 10.1. The summed E-state index contributed by atoms with van der Waals surface area (Å²) in [7, 11) is -1.73. The van der Waals surface area contributed by atoms with Gasteiger partial charge in [-0.05, 0) is 25.7 Å². The molecule has 74 valence electrons. The first-order valence-corrected chi connectivity index (χ1v) is 5.93. The van der Waals surface area contributed by atoms with Gasteiger partial charge >= 0.3 is 0 Å². The van der Waals surface area contributed by atoms with Crippen molar-refractivity contribution >= 4 is 10.0 Å². The Bertz CT molecular complexity index is 314. The maximum absolute atomic E-state index is 11.6. The first kappa shape index (κ1) is 10.5. The van der Waals surface area contributed by atoms with Crippen LogP contribution in [0.2, 0.25) is 0 Å². The minimum absolute atomic E-state index is 0.204. The lowest BCUT2D eigenvalue weighted by molar-refractivity contribution is 0.440. The number of rotatable bonds is 4. The molecule has 1 unspecified atom stereocenters. The largest absolute Gasteiger partial charge is 0.215 e. The molecule has 0 saturated heterocycles. The van der Waals surface area contributed by atoms with Crippen molar-refractivity contribution < 1.29 is 8.42 Å². The maximum atomic E-state index is 11.6. The van der Waals surface area contributed by atoms with E-state index in [1.807, 2.05) is 6.07 Å². The number of nitriles is 1. The fourth-order valence-corrected chi connectivity index (χ4v) is 2.72. The highest BCUT2D eigenvalue weighted by Gasteiger charge is 2.32. The van der Waals surface area contributed by atoms with Crippen molar-refractivity contribution in [2.75, 3.05) is 12.8 Å². The predicted molar refractivity (Wildman–Crippen MR) is 49.3 cm³/mol. The molecule has 5 heteroatoms. The second-order valence-corrected chi connectivity index (χ2v) is 5.62. The fourth-order valence-electron chi connectivity index (χ4n) is 1.02. The maximum Gasteiger partial charge on any atom is 0.215 e. The van der Waals surface area contributed by atoms with Crippen LogP contribution in [0.1, 0.15) is 19.8 Å². The molecule has 13 heavy (non-hydrogen) atoms. The van der Waals surface area contributed by atoms with Gasteiger partial charge in [-0.15, -0.1) is 0 Å². The Morgan fingerprint density at radius 1 is 1.62 bits per heavy atom. The monoisotopic (exact) mass is 202 g/mol. The molecule has 0 heterocycles. The normalized spacial score (nSPS) is 19.8. The van der Waals surface area contributed by atoms with Gasteiger partial charge in [0.05, 0.1) is 11.8 Å². The summed E-state index contributed by atoms with van der Waals surface area (Å²) in [5.74, 6) is 0.536. The minimum atomic E-state index is -3.20. The van der Waals surface area contributed by atoms with E-state index >= 15 is 0 Å². The van der Waals surface area contributed by atoms with Gasteiger partial charge in [-0.1, -0.05) is 0 Å². The molecule has 0 spiro atoms. The number of sulfonamides is 1. The molecule has 0 N–H and O–H groups in total.